The van der Waals surface area contributed by atoms with Gasteiger partial charge >= 0.3 is 5.69 Å². The molecule has 0 bridgehead atoms. The van der Waals surface area contributed by atoms with Gasteiger partial charge in [0.15, 0.2) is 11.2 Å². The summed E-state index contributed by atoms with van der Waals surface area (Å²) < 4.78 is 9.82. The van der Waals surface area contributed by atoms with Crippen LogP contribution in [0.1, 0.15) is 5.56 Å². The number of aryl methyl sites for hydroxylation is 1. The Balaban J connectivity index is 1.61. The summed E-state index contributed by atoms with van der Waals surface area (Å²) in [5.41, 5.74) is 1.69. The molecule has 0 atom stereocenters. The van der Waals surface area contributed by atoms with Gasteiger partial charge in [-0.25, -0.2) is 9.80 Å². The Morgan fingerprint density at radius 2 is 1.75 bits per heavy atom. The van der Waals surface area contributed by atoms with Crippen LogP contribution < -0.4 is 16.3 Å². The van der Waals surface area contributed by atoms with Gasteiger partial charge in [0.05, 0.1) is 32.0 Å². The van der Waals surface area contributed by atoms with E-state index in [9.17, 15) is 9.59 Å². The van der Waals surface area contributed by atoms with Crippen LogP contribution in [0.3, 0.4) is 0 Å². The van der Waals surface area contributed by atoms with Gasteiger partial charge < -0.3 is 4.74 Å². The van der Waals surface area contributed by atoms with Gasteiger partial charge in [0, 0.05) is 38.8 Å². The van der Waals surface area contributed by atoms with Gasteiger partial charge in [0.25, 0.3) is 5.56 Å². The zero-order valence-electron chi connectivity index (χ0n) is 18.0. The summed E-state index contributed by atoms with van der Waals surface area (Å²) in [4.78, 5) is 32.5. The minimum Gasteiger partial charge on any atom is -0.379 e. The van der Waals surface area contributed by atoms with Gasteiger partial charge in [-0.3, -0.25) is 23.4 Å². The van der Waals surface area contributed by atoms with Crippen molar-refractivity contribution in [3.05, 3.63) is 55.7 Å². The van der Waals surface area contributed by atoms with Gasteiger partial charge in [0.1, 0.15) is 0 Å². The summed E-state index contributed by atoms with van der Waals surface area (Å²) in [5.74, 6) is 0.560. The Morgan fingerprint density at radius 3 is 2.47 bits per heavy atom. The number of imidazole rings is 1. The number of ether oxygens (including phenoxy) is 1. The third kappa shape index (κ3) is 3.54. The van der Waals surface area contributed by atoms with Crippen LogP contribution >= 0.6 is 11.6 Å². The standard InChI is InChI=1S/C21H24ClN7O3/c1-25-18-17(19(30)26(2)21(25)31)28-13-16(14-3-5-15(22)6-4-14)24-29(20(28)23-18)8-7-27-9-11-32-12-10-27/h3-6H,7-13H2,1-2H3. The van der Waals surface area contributed by atoms with E-state index in [1.165, 1.54) is 11.6 Å². The molecule has 1 saturated heterocycles. The predicted octanol–water partition coefficient (Wildman–Crippen LogP) is 0.644. The minimum absolute atomic E-state index is 0.358. The SMILES string of the molecule is Cn1c(=O)c2c(nc3n2CC(c2ccc(Cl)cc2)=NN3CCN2CCOCC2)n(C)c1=O. The van der Waals surface area contributed by atoms with E-state index in [0.29, 0.717) is 35.2 Å². The third-order valence-electron chi connectivity index (χ3n) is 6.02. The molecule has 2 aromatic heterocycles. The molecule has 4 heterocycles. The molecule has 1 aromatic carbocycles. The summed E-state index contributed by atoms with van der Waals surface area (Å²) in [6.45, 7) is 4.91. The molecule has 0 saturated carbocycles. The normalized spacial score (nSPS) is 17.0. The summed E-state index contributed by atoms with van der Waals surface area (Å²) >= 11 is 6.07. The van der Waals surface area contributed by atoms with Crippen molar-refractivity contribution < 1.29 is 4.74 Å². The molecule has 0 radical (unpaired) electrons. The fourth-order valence-electron chi connectivity index (χ4n) is 4.16. The van der Waals surface area contributed by atoms with Gasteiger partial charge in [-0.1, -0.05) is 23.7 Å². The molecular weight excluding hydrogens is 434 g/mol. The average molecular weight is 458 g/mol. The molecule has 0 aliphatic carbocycles. The van der Waals surface area contributed by atoms with E-state index in [2.05, 4.69) is 9.88 Å². The van der Waals surface area contributed by atoms with E-state index >= 15 is 0 Å². The number of morpholine rings is 1. The highest BCUT2D eigenvalue weighted by Crippen LogP contribution is 2.25. The molecule has 168 valence electrons. The van der Waals surface area contributed by atoms with Crippen molar-refractivity contribution in [3.63, 3.8) is 0 Å². The minimum atomic E-state index is -0.406. The van der Waals surface area contributed by atoms with Crippen molar-refractivity contribution in [1.82, 2.24) is 23.6 Å². The maximum atomic E-state index is 13.0. The van der Waals surface area contributed by atoms with Crippen molar-refractivity contribution in [2.24, 2.45) is 19.2 Å². The van der Waals surface area contributed by atoms with Crippen LogP contribution in [0, 0.1) is 0 Å². The van der Waals surface area contributed by atoms with Crippen LogP contribution in [0.4, 0.5) is 5.95 Å². The van der Waals surface area contributed by atoms with Crippen LogP contribution in [0.25, 0.3) is 11.2 Å². The molecule has 2 aliphatic heterocycles. The lowest BCUT2D eigenvalue weighted by atomic mass is 10.1. The smallest absolute Gasteiger partial charge is 0.332 e. The van der Waals surface area contributed by atoms with Crippen molar-refractivity contribution in [2.45, 2.75) is 6.54 Å². The van der Waals surface area contributed by atoms with E-state index in [-0.39, 0.29) is 5.56 Å². The average Bonchev–Trinajstić information content (AvgIpc) is 3.21. The van der Waals surface area contributed by atoms with Gasteiger partial charge in [-0.2, -0.15) is 10.1 Å². The summed E-state index contributed by atoms with van der Waals surface area (Å²) in [5, 5.41) is 7.35. The number of rotatable bonds is 4. The second-order valence-corrected chi connectivity index (χ2v) is 8.44. The Labute approximate surface area is 188 Å². The molecule has 2 aliphatic rings. The monoisotopic (exact) mass is 457 g/mol. The molecule has 5 rings (SSSR count). The lowest BCUT2D eigenvalue weighted by Gasteiger charge is -2.30. The number of hydrogen-bond donors (Lipinski definition) is 0. The number of nitrogens with zero attached hydrogens (tertiary/aromatic N) is 7. The summed E-state index contributed by atoms with van der Waals surface area (Å²) in [6, 6.07) is 7.47. The fraction of sp³-hybridized carbons (Fsp3) is 0.429. The molecule has 10 nitrogen and oxygen atoms in total. The van der Waals surface area contributed by atoms with E-state index in [1.54, 1.807) is 7.05 Å². The van der Waals surface area contributed by atoms with Gasteiger partial charge in [0.2, 0.25) is 5.95 Å². The molecular formula is C21H24ClN7O3. The molecule has 0 amide bonds. The molecule has 0 spiro atoms. The predicted molar refractivity (Wildman–Crippen MR) is 123 cm³/mol. The maximum Gasteiger partial charge on any atom is 0.332 e. The third-order valence-corrected chi connectivity index (χ3v) is 6.27. The fourth-order valence-corrected chi connectivity index (χ4v) is 4.28. The van der Waals surface area contributed by atoms with Crippen LogP contribution in [0.5, 0.6) is 0 Å². The number of aromatic nitrogens is 4. The molecule has 1 fully saturated rings. The second-order valence-electron chi connectivity index (χ2n) is 8.01. The van der Waals surface area contributed by atoms with E-state index < -0.39 is 5.69 Å². The topological polar surface area (TPSA) is 89.9 Å². The van der Waals surface area contributed by atoms with Crippen LogP contribution in [0.15, 0.2) is 39.0 Å². The lowest BCUT2D eigenvalue weighted by Crippen LogP contribution is -2.42. The van der Waals surface area contributed by atoms with Gasteiger partial charge in [-0.15, -0.1) is 0 Å². The largest absolute Gasteiger partial charge is 0.379 e. The van der Waals surface area contributed by atoms with Crippen LogP contribution in [-0.4, -0.2) is 68.7 Å². The highest BCUT2D eigenvalue weighted by Gasteiger charge is 2.28. The van der Waals surface area contributed by atoms with E-state index in [0.717, 1.165) is 48.7 Å². The summed E-state index contributed by atoms with van der Waals surface area (Å²) in [6.07, 6.45) is 0. The molecule has 3 aromatic rings. The number of hydrogen-bond acceptors (Lipinski definition) is 7. The Morgan fingerprint density at radius 1 is 1.03 bits per heavy atom. The van der Waals surface area contributed by atoms with Crippen LogP contribution in [-0.2, 0) is 25.4 Å². The molecule has 0 unspecified atom stereocenters. The first kappa shape index (κ1) is 20.9. The highest BCUT2D eigenvalue weighted by atomic mass is 35.5. The van der Waals surface area contributed by atoms with Crippen molar-refractivity contribution >= 4 is 34.4 Å². The number of fused-ring (bicyclic) bond motifs is 3. The lowest BCUT2D eigenvalue weighted by molar-refractivity contribution is 0.0391. The first-order chi connectivity index (χ1) is 15.4. The number of hydrazone groups is 1. The molecule has 11 heteroatoms. The highest BCUT2D eigenvalue weighted by molar-refractivity contribution is 6.30. The van der Waals surface area contributed by atoms with E-state index in [1.807, 2.05) is 33.8 Å². The van der Waals surface area contributed by atoms with Crippen LogP contribution in [0.2, 0.25) is 5.02 Å². The Bertz CT molecular complexity index is 1320. The quantitative estimate of drug-likeness (QED) is 0.571. The van der Waals surface area contributed by atoms with Crippen molar-refractivity contribution in [3.8, 4) is 0 Å². The van der Waals surface area contributed by atoms with Crippen molar-refractivity contribution in [2.75, 3.05) is 44.4 Å². The zero-order chi connectivity index (χ0) is 22.4. The zero-order valence-corrected chi connectivity index (χ0v) is 18.7. The van der Waals surface area contributed by atoms with E-state index in [4.69, 9.17) is 21.4 Å². The Hall–Kier alpha value is -2.95. The molecule has 0 N–H and O–H groups in total. The van der Waals surface area contributed by atoms with Gasteiger partial charge in [-0.05, 0) is 17.7 Å². The number of benzene rings is 1. The summed E-state index contributed by atoms with van der Waals surface area (Å²) in [7, 11) is 3.11. The van der Waals surface area contributed by atoms with Crippen molar-refractivity contribution in [1.29, 1.82) is 0 Å². The second kappa shape index (κ2) is 8.19. The number of anilines is 1. The maximum absolute atomic E-state index is 13.0. The first-order valence-corrected chi connectivity index (χ1v) is 10.9. The number of halogens is 1. The Kier molecular flexibility index (Phi) is 5.36. The first-order valence-electron chi connectivity index (χ1n) is 10.5. The molecule has 32 heavy (non-hydrogen) atoms.